The summed E-state index contributed by atoms with van der Waals surface area (Å²) in [6.45, 7) is 0. The molecule has 1 heterocycles. The summed E-state index contributed by atoms with van der Waals surface area (Å²) in [7, 11) is -3.30. The monoisotopic (exact) mass is 344 g/mol. The molecule has 0 radical (unpaired) electrons. The molecule has 0 spiro atoms. The zero-order chi connectivity index (χ0) is 13.3. The minimum atomic E-state index is -3.30. The SMILES string of the molecule is CS(=O)(=O)c1cccc(C(=O)c2sccc2Br)c1. The number of sulfone groups is 1. The molecule has 1 aromatic carbocycles. The van der Waals surface area contributed by atoms with Gasteiger partial charge in [-0.2, -0.15) is 0 Å². The van der Waals surface area contributed by atoms with E-state index in [2.05, 4.69) is 15.9 Å². The minimum absolute atomic E-state index is 0.154. The molecule has 0 atom stereocenters. The summed E-state index contributed by atoms with van der Waals surface area (Å²) in [5.41, 5.74) is 0.376. The highest BCUT2D eigenvalue weighted by Gasteiger charge is 2.16. The van der Waals surface area contributed by atoms with Gasteiger partial charge in [0, 0.05) is 16.3 Å². The van der Waals surface area contributed by atoms with E-state index in [1.54, 1.807) is 23.6 Å². The van der Waals surface area contributed by atoms with Crippen LogP contribution in [0.25, 0.3) is 0 Å². The highest BCUT2D eigenvalue weighted by atomic mass is 79.9. The molecule has 94 valence electrons. The smallest absolute Gasteiger partial charge is 0.204 e. The largest absolute Gasteiger partial charge is 0.288 e. The number of ketones is 1. The maximum Gasteiger partial charge on any atom is 0.204 e. The second-order valence-corrected chi connectivity index (χ2v) is 7.51. The maximum absolute atomic E-state index is 12.2. The fourth-order valence-electron chi connectivity index (χ4n) is 1.45. The topological polar surface area (TPSA) is 51.2 Å². The van der Waals surface area contributed by atoms with Crippen molar-refractivity contribution in [3.8, 4) is 0 Å². The van der Waals surface area contributed by atoms with Crippen LogP contribution in [0.15, 0.2) is 45.1 Å². The number of hydrogen-bond acceptors (Lipinski definition) is 4. The summed E-state index contributed by atoms with van der Waals surface area (Å²) in [4.78, 5) is 12.9. The van der Waals surface area contributed by atoms with E-state index >= 15 is 0 Å². The van der Waals surface area contributed by atoms with E-state index in [4.69, 9.17) is 0 Å². The highest BCUT2D eigenvalue weighted by Crippen LogP contribution is 2.26. The van der Waals surface area contributed by atoms with E-state index in [1.165, 1.54) is 23.5 Å². The molecule has 2 aromatic rings. The summed E-state index contributed by atoms with van der Waals surface area (Å²) in [6.07, 6.45) is 1.12. The molecule has 0 aliphatic carbocycles. The molecule has 18 heavy (non-hydrogen) atoms. The number of rotatable bonds is 3. The number of carbonyl (C=O) groups is 1. The second-order valence-electron chi connectivity index (χ2n) is 3.73. The van der Waals surface area contributed by atoms with Crippen LogP contribution < -0.4 is 0 Å². The minimum Gasteiger partial charge on any atom is -0.288 e. The third kappa shape index (κ3) is 2.71. The van der Waals surface area contributed by atoms with Crippen LogP contribution >= 0.6 is 27.3 Å². The molecule has 0 amide bonds. The summed E-state index contributed by atoms with van der Waals surface area (Å²) in [5.74, 6) is -0.178. The Balaban J connectivity index is 2.47. The Labute approximate surface area is 118 Å². The fourth-order valence-corrected chi connectivity index (χ4v) is 3.63. The van der Waals surface area contributed by atoms with Gasteiger partial charge in [-0.1, -0.05) is 12.1 Å². The van der Waals surface area contributed by atoms with Gasteiger partial charge in [-0.15, -0.1) is 11.3 Å². The Bertz CT molecular complexity index is 702. The molecule has 0 unspecified atom stereocenters. The first kappa shape index (κ1) is 13.5. The normalized spacial score (nSPS) is 11.4. The zero-order valence-electron chi connectivity index (χ0n) is 9.38. The summed E-state index contributed by atoms with van der Waals surface area (Å²) in [5, 5.41) is 1.80. The first-order valence-corrected chi connectivity index (χ1v) is 8.54. The van der Waals surface area contributed by atoms with Crippen molar-refractivity contribution in [3.63, 3.8) is 0 Å². The third-order valence-corrected chi connectivity index (χ3v) is 5.29. The number of hydrogen-bond donors (Lipinski definition) is 0. The van der Waals surface area contributed by atoms with E-state index in [-0.39, 0.29) is 10.7 Å². The quantitative estimate of drug-likeness (QED) is 0.803. The van der Waals surface area contributed by atoms with Crippen molar-refractivity contribution in [1.29, 1.82) is 0 Å². The van der Waals surface area contributed by atoms with Crippen LogP contribution in [0, 0.1) is 0 Å². The predicted molar refractivity (Wildman–Crippen MR) is 75.0 cm³/mol. The van der Waals surface area contributed by atoms with Crippen LogP contribution in [0.1, 0.15) is 15.2 Å². The summed E-state index contributed by atoms with van der Waals surface area (Å²) >= 11 is 4.61. The van der Waals surface area contributed by atoms with Crippen LogP contribution in [0.4, 0.5) is 0 Å². The number of thiophene rings is 1. The first-order chi connectivity index (χ1) is 8.39. The Morgan fingerprint density at radius 2 is 2.00 bits per heavy atom. The lowest BCUT2D eigenvalue weighted by atomic mass is 10.1. The van der Waals surface area contributed by atoms with E-state index in [9.17, 15) is 13.2 Å². The number of halogens is 1. The van der Waals surface area contributed by atoms with Crippen LogP contribution in [0.5, 0.6) is 0 Å². The Hall–Kier alpha value is -0.980. The van der Waals surface area contributed by atoms with Crippen LogP contribution in [0.2, 0.25) is 0 Å². The molecule has 0 saturated carbocycles. The maximum atomic E-state index is 12.2. The lowest BCUT2D eigenvalue weighted by Gasteiger charge is -2.02. The van der Waals surface area contributed by atoms with Gasteiger partial charge in [-0.3, -0.25) is 4.79 Å². The Morgan fingerprint density at radius 3 is 2.56 bits per heavy atom. The van der Waals surface area contributed by atoms with E-state index in [0.29, 0.717) is 10.4 Å². The van der Waals surface area contributed by atoms with Gasteiger partial charge in [0.05, 0.1) is 9.77 Å². The van der Waals surface area contributed by atoms with Gasteiger partial charge < -0.3 is 0 Å². The van der Waals surface area contributed by atoms with Gasteiger partial charge >= 0.3 is 0 Å². The van der Waals surface area contributed by atoms with Crippen LogP contribution in [-0.4, -0.2) is 20.5 Å². The summed E-state index contributed by atoms with van der Waals surface area (Å²) < 4.78 is 23.6. The molecule has 3 nitrogen and oxygen atoms in total. The van der Waals surface area contributed by atoms with Gasteiger partial charge in [0.2, 0.25) is 5.78 Å². The molecule has 6 heteroatoms. The zero-order valence-corrected chi connectivity index (χ0v) is 12.6. The molecule has 0 aliphatic heterocycles. The molecular weight excluding hydrogens is 336 g/mol. The van der Waals surface area contributed by atoms with Gasteiger partial charge in [-0.05, 0) is 39.5 Å². The van der Waals surface area contributed by atoms with E-state index < -0.39 is 9.84 Å². The average Bonchev–Trinajstić information content (AvgIpc) is 2.73. The van der Waals surface area contributed by atoms with Crippen molar-refractivity contribution in [1.82, 2.24) is 0 Å². The Kier molecular flexibility index (Phi) is 3.70. The van der Waals surface area contributed by atoms with Gasteiger partial charge in [0.15, 0.2) is 9.84 Å². The average molecular weight is 345 g/mol. The van der Waals surface area contributed by atoms with Crippen molar-refractivity contribution in [2.45, 2.75) is 4.90 Å². The molecule has 0 saturated heterocycles. The molecule has 0 bridgehead atoms. The first-order valence-electron chi connectivity index (χ1n) is 4.97. The number of benzene rings is 1. The molecular formula is C12H9BrO3S2. The third-order valence-electron chi connectivity index (χ3n) is 2.35. The highest BCUT2D eigenvalue weighted by molar-refractivity contribution is 9.10. The van der Waals surface area contributed by atoms with Crippen LogP contribution in [0.3, 0.4) is 0 Å². The molecule has 2 rings (SSSR count). The second kappa shape index (κ2) is 4.95. The van der Waals surface area contributed by atoms with Gasteiger partial charge in [-0.25, -0.2) is 8.42 Å². The van der Waals surface area contributed by atoms with Gasteiger partial charge in [0.25, 0.3) is 0 Å². The van der Waals surface area contributed by atoms with Crippen molar-refractivity contribution >= 4 is 42.9 Å². The predicted octanol–water partition coefficient (Wildman–Crippen LogP) is 3.15. The molecule has 0 aliphatic rings. The van der Waals surface area contributed by atoms with Crippen molar-refractivity contribution in [3.05, 3.63) is 50.6 Å². The lowest BCUT2D eigenvalue weighted by molar-refractivity contribution is 0.104. The van der Waals surface area contributed by atoms with E-state index in [0.717, 1.165) is 10.7 Å². The summed E-state index contributed by atoms with van der Waals surface area (Å²) in [6, 6.07) is 7.87. The van der Waals surface area contributed by atoms with Gasteiger partial charge in [0.1, 0.15) is 0 Å². The Morgan fingerprint density at radius 1 is 1.28 bits per heavy atom. The molecule has 0 N–H and O–H groups in total. The van der Waals surface area contributed by atoms with E-state index in [1.807, 2.05) is 0 Å². The molecule has 1 aromatic heterocycles. The fraction of sp³-hybridized carbons (Fsp3) is 0.0833. The lowest BCUT2D eigenvalue weighted by Crippen LogP contribution is -2.03. The molecule has 0 fully saturated rings. The number of carbonyl (C=O) groups excluding carboxylic acids is 1. The van der Waals surface area contributed by atoms with Crippen molar-refractivity contribution < 1.29 is 13.2 Å². The van der Waals surface area contributed by atoms with Crippen molar-refractivity contribution in [2.24, 2.45) is 0 Å². The standard InChI is InChI=1S/C12H9BrO3S2/c1-18(15,16)9-4-2-3-8(7-9)11(14)12-10(13)5-6-17-12/h2-7H,1H3. The van der Waals surface area contributed by atoms with Crippen molar-refractivity contribution in [2.75, 3.05) is 6.26 Å². The van der Waals surface area contributed by atoms with Crippen LogP contribution in [-0.2, 0) is 9.84 Å².